The van der Waals surface area contributed by atoms with E-state index >= 15 is 0 Å². The summed E-state index contributed by atoms with van der Waals surface area (Å²) in [5, 5.41) is 0.0184. The summed E-state index contributed by atoms with van der Waals surface area (Å²) in [6.45, 7) is 3.39. The van der Waals surface area contributed by atoms with Crippen molar-refractivity contribution in [3.8, 4) is 0 Å². The van der Waals surface area contributed by atoms with Crippen molar-refractivity contribution < 1.29 is 45.0 Å². The summed E-state index contributed by atoms with van der Waals surface area (Å²) in [5.74, 6) is -3.36. The minimum atomic E-state index is -6.25. The molecule has 0 aromatic heterocycles. The molecule has 0 atom stereocenters. The van der Waals surface area contributed by atoms with Gasteiger partial charge in [0.05, 0.1) is 17.7 Å². The van der Waals surface area contributed by atoms with Gasteiger partial charge in [-0.05, 0) is 42.5 Å². The molecule has 164 valence electrons. The van der Waals surface area contributed by atoms with E-state index in [2.05, 4.69) is 4.28 Å². The molecule has 0 radical (unpaired) electrons. The summed E-state index contributed by atoms with van der Waals surface area (Å²) in [7, 11) is -6.25. The van der Waals surface area contributed by atoms with E-state index in [0.717, 1.165) is 0 Å². The van der Waals surface area contributed by atoms with E-state index in [0.29, 0.717) is 16.5 Å². The molecule has 12 heteroatoms. The van der Waals surface area contributed by atoms with Crippen LogP contribution in [-0.4, -0.2) is 43.4 Å². The highest BCUT2D eigenvalue weighted by molar-refractivity contribution is 7.87. The SMILES string of the molecule is CCOC(=O)/C=C(\C)c1ccc2c3c(cccc13)C(=O)N(OS(=O)(=O)C(F)(F)F)C2=O. The van der Waals surface area contributed by atoms with Crippen molar-refractivity contribution in [1.29, 1.82) is 0 Å². The van der Waals surface area contributed by atoms with Gasteiger partial charge < -0.3 is 4.74 Å². The molecule has 3 rings (SSSR count). The van der Waals surface area contributed by atoms with Crippen LogP contribution in [0.2, 0.25) is 0 Å². The topological polar surface area (TPSA) is 107 Å². The smallest absolute Gasteiger partial charge is 0.463 e. The highest BCUT2D eigenvalue weighted by atomic mass is 32.2. The molecule has 0 fully saturated rings. The van der Waals surface area contributed by atoms with Gasteiger partial charge >= 0.3 is 21.6 Å². The average molecular weight is 457 g/mol. The van der Waals surface area contributed by atoms with Crippen LogP contribution < -0.4 is 0 Å². The molecule has 8 nitrogen and oxygen atoms in total. The zero-order valence-corrected chi connectivity index (χ0v) is 16.8. The molecule has 0 N–H and O–H groups in total. The van der Waals surface area contributed by atoms with Crippen molar-refractivity contribution in [3.05, 3.63) is 53.1 Å². The van der Waals surface area contributed by atoms with Crippen molar-refractivity contribution in [2.45, 2.75) is 19.4 Å². The van der Waals surface area contributed by atoms with E-state index < -0.39 is 38.5 Å². The van der Waals surface area contributed by atoms with Gasteiger partial charge in [-0.2, -0.15) is 21.6 Å². The number of hydrogen-bond donors (Lipinski definition) is 0. The number of benzene rings is 2. The van der Waals surface area contributed by atoms with Crippen molar-refractivity contribution >= 4 is 44.2 Å². The number of carbonyl (C=O) groups excluding carboxylic acids is 3. The lowest BCUT2D eigenvalue weighted by atomic mass is 9.90. The molecule has 2 amide bonds. The van der Waals surface area contributed by atoms with E-state index in [-0.39, 0.29) is 23.1 Å². The molecule has 0 saturated carbocycles. The summed E-state index contributed by atoms with van der Waals surface area (Å²) >= 11 is 0. The third-order valence-corrected chi connectivity index (χ3v) is 5.28. The van der Waals surface area contributed by atoms with Gasteiger partial charge in [-0.15, -0.1) is 9.35 Å². The summed E-state index contributed by atoms with van der Waals surface area (Å²) in [5.41, 5.74) is -5.41. The predicted octanol–water partition coefficient (Wildman–Crippen LogP) is 3.18. The lowest BCUT2D eigenvalue weighted by Crippen LogP contribution is -2.44. The number of ether oxygens (including phenoxy) is 1. The molecule has 1 aliphatic rings. The first kappa shape index (κ1) is 22.4. The first-order chi connectivity index (χ1) is 14.4. The normalized spacial score (nSPS) is 14.9. The monoisotopic (exact) mass is 457 g/mol. The van der Waals surface area contributed by atoms with Crippen LogP contribution in [0, 0.1) is 0 Å². The molecular weight excluding hydrogens is 443 g/mol. The van der Waals surface area contributed by atoms with Gasteiger partial charge in [0.15, 0.2) is 0 Å². The molecule has 0 aliphatic carbocycles. The molecule has 0 spiro atoms. The van der Waals surface area contributed by atoms with Gasteiger partial charge in [-0.1, -0.05) is 18.2 Å². The number of halogens is 3. The Bertz CT molecular complexity index is 1230. The zero-order valence-electron chi connectivity index (χ0n) is 16.0. The maximum absolute atomic E-state index is 12.7. The molecular formula is C19H14F3NO7S. The number of allylic oxidation sites excluding steroid dienone is 1. The number of nitrogens with zero attached hydrogens (tertiary/aromatic N) is 1. The van der Waals surface area contributed by atoms with Crippen LogP contribution in [-0.2, 0) is 23.9 Å². The van der Waals surface area contributed by atoms with Gasteiger partial charge in [0.1, 0.15) is 0 Å². The van der Waals surface area contributed by atoms with Crippen LogP contribution >= 0.6 is 0 Å². The number of hydrogen-bond acceptors (Lipinski definition) is 7. The fourth-order valence-corrected chi connectivity index (χ4v) is 3.48. The molecule has 1 aliphatic heterocycles. The third kappa shape index (κ3) is 3.91. The predicted molar refractivity (Wildman–Crippen MR) is 101 cm³/mol. The van der Waals surface area contributed by atoms with Gasteiger partial charge in [0.25, 0.3) is 11.8 Å². The number of hydroxylamine groups is 2. The maximum Gasteiger partial charge on any atom is 0.525 e. The van der Waals surface area contributed by atoms with Crippen molar-refractivity contribution in [2.24, 2.45) is 0 Å². The number of carbonyl (C=O) groups is 3. The zero-order chi connectivity index (χ0) is 23.1. The number of imide groups is 1. The quantitative estimate of drug-likeness (QED) is 0.294. The number of amides is 2. The first-order valence-electron chi connectivity index (χ1n) is 8.70. The Morgan fingerprint density at radius 1 is 1.10 bits per heavy atom. The highest BCUT2D eigenvalue weighted by Gasteiger charge is 2.51. The fourth-order valence-electron chi connectivity index (χ4n) is 3.06. The maximum atomic E-state index is 12.7. The minimum Gasteiger partial charge on any atom is -0.463 e. The molecule has 0 bridgehead atoms. The van der Waals surface area contributed by atoms with Crippen molar-refractivity contribution in [3.63, 3.8) is 0 Å². The first-order valence-corrected chi connectivity index (χ1v) is 10.1. The molecule has 2 aromatic carbocycles. The lowest BCUT2D eigenvalue weighted by molar-refractivity contribution is -0.137. The summed E-state index contributed by atoms with van der Waals surface area (Å²) < 4.78 is 69.3. The van der Waals surface area contributed by atoms with Crippen LogP contribution in [0.4, 0.5) is 13.2 Å². The molecule has 31 heavy (non-hydrogen) atoms. The van der Waals surface area contributed by atoms with Crippen molar-refractivity contribution in [2.75, 3.05) is 6.61 Å². The van der Waals surface area contributed by atoms with Gasteiger partial charge in [-0.3, -0.25) is 9.59 Å². The summed E-state index contributed by atoms with van der Waals surface area (Å²) in [4.78, 5) is 37.0. The Kier molecular flexibility index (Phi) is 5.63. The number of rotatable bonds is 5. The molecule has 1 heterocycles. The Hall–Kier alpha value is -3.25. The van der Waals surface area contributed by atoms with Crippen LogP contribution in [0.1, 0.15) is 40.1 Å². The van der Waals surface area contributed by atoms with Gasteiger partial charge in [0.2, 0.25) is 0 Å². The van der Waals surface area contributed by atoms with Crippen LogP contribution in [0.3, 0.4) is 0 Å². The average Bonchev–Trinajstić information content (AvgIpc) is 2.68. The third-order valence-electron chi connectivity index (χ3n) is 4.37. The minimum absolute atomic E-state index is 0.0934. The van der Waals surface area contributed by atoms with E-state index in [1.165, 1.54) is 30.3 Å². The number of alkyl halides is 3. The van der Waals surface area contributed by atoms with E-state index in [9.17, 15) is 36.0 Å². The van der Waals surface area contributed by atoms with Crippen LogP contribution in [0.15, 0.2) is 36.4 Å². The van der Waals surface area contributed by atoms with Crippen molar-refractivity contribution in [1.82, 2.24) is 5.06 Å². The summed E-state index contributed by atoms with van der Waals surface area (Å²) in [6, 6.07) is 6.77. The fraction of sp³-hybridized carbons (Fsp3) is 0.211. The summed E-state index contributed by atoms with van der Waals surface area (Å²) in [6.07, 6.45) is 1.21. The molecule has 0 saturated heterocycles. The van der Waals surface area contributed by atoms with Crippen LogP contribution in [0.5, 0.6) is 0 Å². The van der Waals surface area contributed by atoms with Crippen LogP contribution in [0.25, 0.3) is 16.3 Å². The Morgan fingerprint density at radius 3 is 2.29 bits per heavy atom. The second-order valence-corrected chi connectivity index (χ2v) is 7.87. The highest BCUT2D eigenvalue weighted by Crippen LogP contribution is 2.36. The van der Waals surface area contributed by atoms with E-state index in [4.69, 9.17) is 4.74 Å². The Morgan fingerprint density at radius 2 is 1.71 bits per heavy atom. The molecule has 0 unspecified atom stereocenters. The molecule has 2 aromatic rings. The van der Waals surface area contributed by atoms with Gasteiger partial charge in [-0.25, -0.2) is 4.79 Å². The van der Waals surface area contributed by atoms with E-state index in [1.807, 2.05) is 0 Å². The van der Waals surface area contributed by atoms with Gasteiger partial charge in [0, 0.05) is 11.5 Å². The second kappa shape index (κ2) is 7.78. The standard InChI is InChI=1S/C19H14F3NO7S/c1-3-29-15(24)9-10(2)11-7-8-14-16-12(11)5-4-6-13(16)17(25)23(18(14)26)30-31(27,28)19(20,21)22/h4-9H,3H2,1-2H3/b10-9+. The second-order valence-electron chi connectivity index (χ2n) is 6.35. The number of esters is 1. The van der Waals surface area contributed by atoms with E-state index in [1.54, 1.807) is 19.9 Å². The largest absolute Gasteiger partial charge is 0.525 e. The Labute approximate surface area is 173 Å². The Balaban J connectivity index is 2.14. The lowest BCUT2D eigenvalue weighted by Gasteiger charge is -2.26.